The van der Waals surface area contributed by atoms with E-state index in [9.17, 15) is 4.79 Å². The number of fused-ring (bicyclic) bond motifs is 1. The van der Waals surface area contributed by atoms with Crippen molar-refractivity contribution < 1.29 is 4.79 Å². The molecule has 1 atom stereocenters. The summed E-state index contributed by atoms with van der Waals surface area (Å²) in [4.78, 5) is 17.4. The summed E-state index contributed by atoms with van der Waals surface area (Å²) >= 11 is 6.13. The number of likely N-dealkylation sites (tertiary alicyclic amines) is 1. The second kappa shape index (κ2) is 6.77. The maximum absolute atomic E-state index is 13.2. The van der Waals surface area contributed by atoms with Crippen molar-refractivity contribution in [2.24, 2.45) is 0 Å². The van der Waals surface area contributed by atoms with Crippen LogP contribution in [0.4, 0.5) is 0 Å². The lowest BCUT2D eigenvalue weighted by Crippen LogP contribution is -2.47. The van der Waals surface area contributed by atoms with Gasteiger partial charge >= 0.3 is 0 Å². The molecule has 1 aromatic heterocycles. The molecule has 0 spiro atoms. The highest BCUT2D eigenvalue weighted by atomic mass is 35.5. The first-order valence-corrected chi connectivity index (χ1v) is 9.18. The number of aryl methyl sites for hydroxylation is 1. The van der Waals surface area contributed by atoms with Gasteiger partial charge in [0.1, 0.15) is 5.82 Å². The van der Waals surface area contributed by atoms with Crippen LogP contribution in [-0.2, 0) is 17.9 Å². The van der Waals surface area contributed by atoms with Gasteiger partial charge in [-0.25, -0.2) is 0 Å². The van der Waals surface area contributed by atoms with Gasteiger partial charge in [0.05, 0.1) is 0 Å². The van der Waals surface area contributed by atoms with Gasteiger partial charge < -0.3 is 9.47 Å². The topological polar surface area (TPSA) is 54.3 Å². The summed E-state index contributed by atoms with van der Waals surface area (Å²) in [5, 5.41) is 9.26. The Kier molecular flexibility index (Phi) is 4.48. The average molecular weight is 360 g/mol. The van der Waals surface area contributed by atoms with E-state index in [4.69, 9.17) is 11.6 Å². The van der Waals surface area contributed by atoms with E-state index in [1.165, 1.54) is 0 Å². The van der Waals surface area contributed by atoms with Crippen molar-refractivity contribution in [2.75, 3.05) is 19.6 Å². The minimum Gasteiger partial charge on any atom is -0.341 e. The number of hydrogen-bond donors (Lipinski definition) is 0. The Labute approximate surface area is 152 Å². The second-order valence-corrected chi connectivity index (χ2v) is 7.23. The van der Waals surface area contributed by atoms with Crippen molar-refractivity contribution in [3.05, 3.63) is 46.5 Å². The van der Waals surface area contributed by atoms with Crippen molar-refractivity contribution in [1.29, 1.82) is 0 Å². The van der Waals surface area contributed by atoms with Gasteiger partial charge in [0, 0.05) is 37.7 Å². The van der Waals surface area contributed by atoms with Gasteiger partial charge in [0.25, 0.3) is 0 Å². The lowest BCUT2D eigenvalue weighted by Gasteiger charge is -2.36. The summed E-state index contributed by atoms with van der Waals surface area (Å²) in [5.74, 6) is 1.78. The fourth-order valence-electron chi connectivity index (χ4n) is 3.81. The molecule has 0 N–H and O–H groups in total. The predicted molar refractivity (Wildman–Crippen MR) is 95.2 cm³/mol. The van der Waals surface area contributed by atoms with Crippen molar-refractivity contribution in [3.63, 3.8) is 0 Å². The molecule has 0 aliphatic carbocycles. The maximum atomic E-state index is 13.2. The lowest BCUT2D eigenvalue weighted by molar-refractivity contribution is -0.137. The summed E-state index contributed by atoms with van der Waals surface area (Å²) in [5.41, 5.74) is 1.11. The Bertz CT molecular complexity index is 784. The molecule has 1 fully saturated rings. The van der Waals surface area contributed by atoms with Gasteiger partial charge in [-0.1, -0.05) is 23.7 Å². The van der Waals surface area contributed by atoms with Crippen molar-refractivity contribution >= 4 is 17.5 Å². The summed E-state index contributed by atoms with van der Waals surface area (Å²) in [7, 11) is 0. The smallest absolute Gasteiger partial charge is 0.247 e. The molecule has 0 bridgehead atoms. The Morgan fingerprint density at radius 1 is 1.20 bits per heavy atom. The standard InChI is InChI=1S/C18H22ClN5O/c1-13-20-21-17-16(18(25)22-7-2-3-8-22)23(9-10-24(13)17)12-14-5-4-6-15(19)11-14/h4-6,11,16H,2-3,7-10,12H2,1H3. The van der Waals surface area contributed by atoms with Gasteiger partial charge in [-0.05, 0) is 37.5 Å². The molecule has 7 heteroatoms. The molecule has 2 aliphatic rings. The molecule has 4 rings (SSSR count). The predicted octanol–water partition coefficient (Wildman–Crippen LogP) is 2.42. The van der Waals surface area contributed by atoms with Crippen LogP contribution in [0.3, 0.4) is 0 Å². The van der Waals surface area contributed by atoms with Crippen LogP contribution < -0.4 is 0 Å². The fourth-order valence-corrected chi connectivity index (χ4v) is 4.03. The molecule has 3 heterocycles. The third kappa shape index (κ3) is 3.16. The SMILES string of the molecule is Cc1nnc2n1CCN(Cc1cccc(Cl)c1)C2C(=O)N1CCCC1. The molecule has 0 saturated carbocycles. The Morgan fingerprint density at radius 2 is 2.00 bits per heavy atom. The molecule has 1 unspecified atom stereocenters. The van der Waals surface area contributed by atoms with Crippen LogP contribution in [0.15, 0.2) is 24.3 Å². The minimum atomic E-state index is -0.368. The molecular formula is C18H22ClN5O. The Balaban J connectivity index is 1.66. The van der Waals surface area contributed by atoms with E-state index in [1.54, 1.807) is 0 Å². The highest BCUT2D eigenvalue weighted by Crippen LogP contribution is 2.30. The van der Waals surface area contributed by atoms with E-state index < -0.39 is 0 Å². The van der Waals surface area contributed by atoms with Crippen LogP contribution >= 0.6 is 11.6 Å². The molecule has 132 valence electrons. The van der Waals surface area contributed by atoms with E-state index in [1.807, 2.05) is 36.1 Å². The molecule has 2 aromatic rings. The third-order valence-electron chi connectivity index (χ3n) is 5.11. The zero-order valence-corrected chi connectivity index (χ0v) is 15.1. The molecule has 0 radical (unpaired) electrons. The number of benzene rings is 1. The normalized spacial score (nSPS) is 20.7. The van der Waals surface area contributed by atoms with Gasteiger partial charge in [-0.15, -0.1) is 10.2 Å². The molecule has 6 nitrogen and oxygen atoms in total. The maximum Gasteiger partial charge on any atom is 0.247 e. The van der Waals surface area contributed by atoms with E-state index in [0.29, 0.717) is 6.54 Å². The first kappa shape index (κ1) is 16.5. The second-order valence-electron chi connectivity index (χ2n) is 6.79. The highest BCUT2D eigenvalue weighted by Gasteiger charge is 2.39. The van der Waals surface area contributed by atoms with Crippen molar-refractivity contribution in [1.82, 2.24) is 24.6 Å². The summed E-state index contributed by atoms with van der Waals surface area (Å²) in [6.07, 6.45) is 2.16. The summed E-state index contributed by atoms with van der Waals surface area (Å²) < 4.78 is 2.08. The monoisotopic (exact) mass is 359 g/mol. The largest absolute Gasteiger partial charge is 0.341 e. The van der Waals surface area contributed by atoms with E-state index in [-0.39, 0.29) is 11.9 Å². The van der Waals surface area contributed by atoms with Gasteiger partial charge in [-0.3, -0.25) is 9.69 Å². The van der Waals surface area contributed by atoms with Gasteiger partial charge in [0.2, 0.25) is 5.91 Å². The van der Waals surface area contributed by atoms with E-state index >= 15 is 0 Å². The van der Waals surface area contributed by atoms with Crippen LogP contribution in [0.1, 0.15) is 36.1 Å². The summed E-state index contributed by atoms with van der Waals surface area (Å²) in [6, 6.07) is 7.46. The van der Waals surface area contributed by atoms with Crippen molar-refractivity contribution in [2.45, 2.75) is 38.9 Å². The van der Waals surface area contributed by atoms with E-state index in [0.717, 1.165) is 61.3 Å². The van der Waals surface area contributed by atoms with Crippen LogP contribution in [-0.4, -0.2) is 50.1 Å². The first-order valence-electron chi connectivity index (χ1n) is 8.80. The molecule has 25 heavy (non-hydrogen) atoms. The molecule has 1 amide bonds. The van der Waals surface area contributed by atoms with Crippen LogP contribution in [0.5, 0.6) is 0 Å². The Morgan fingerprint density at radius 3 is 2.76 bits per heavy atom. The number of nitrogens with zero attached hydrogens (tertiary/aromatic N) is 5. The number of amides is 1. The number of hydrogen-bond acceptors (Lipinski definition) is 4. The number of halogens is 1. The average Bonchev–Trinajstić information content (AvgIpc) is 3.25. The quantitative estimate of drug-likeness (QED) is 0.844. The molecule has 1 saturated heterocycles. The van der Waals surface area contributed by atoms with E-state index in [2.05, 4.69) is 19.7 Å². The number of aromatic nitrogens is 3. The molecule has 2 aliphatic heterocycles. The number of carbonyl (C=O) groups excluding carboxylic acids is 1. The fraction of sp³-hybridized carbons (Fsp3) is 0.500. The van der Waals surface area contributed by atoms with Gasteiger partial charge in [-0.2, -0.15) is 0 Å². The van der Waals surface area contributed by atoms with Gasteiger partial charge in [0.15, 0.2) is 11.9 Å². The highest BCUT2D eigenvalue weighted by molar-refractivity contribution is 6.30. The van der Waals surface area contributed by atoms with Crippen LogP contribution in [0, 0.1) is 6.92 Å². The first-order chi connectivity index (χ1) is 12.1. The van der Waals surface area contributed by atoms with Crippen molar-refractivity contribution in [3.8, 4) is 0 Å². The molecule has 1 aromatic carbocycles. The third-order valence-corrected chi connectivity index (χ3v) is 5.35. The molecular weight excluding hydrogens is 338 g/mol. The Hall–Kier alpha value is -1.92. The lowest BCUT2D eigenvalue weighted by atomic mass is 10.1. The zero-order chi connectivity index (χ0) is 17.4. The number of rotatable bonds is 3. The number of carbonyl (C=O) groups is 1. The zero-order valence-electron chi connectivity index (χ0n) is 14.4. The van der Waals surface area contributed by atoms with Crippen LogP contribution in [0.25, 0.3) is 0 Å². The summed E-state index contributed by atoms with van der Waals surface area (Å²) in [6.45, 7) is 5.90. The van der Waals surface area contributed by atoms with Crippen LogP contribution in [0.2, 0.25) is 5.02 Å². The minimum absolute atomic E-state index is 0.146.